The molecule has 1 aromatic heterocycles. The molecule has 1 unspecified atom stereocenters. The molecule has 3 nitrogen and oxygen atoms in total. The highest BCUT2D eigenvalue weighted by Gasteiger charge is 2.25. The summed E-state index contributed by atoms with van der Waals surface area (Å²) in [6, 6.07) is 2.66. The Bertz CT molecular complexity index is 497. The van der Waals surface area contributed by atoms with Gasteiger partial charge in [-0.1, -0.05) is 18.5 Å². The zero-order chi connectivity index (χ0) is 11.9. The summed E-state index contributed by atoms with van der Waals surface area (Å²) in [7, 11) is 0. The smallest absolute Gasteiger partial charge is 0.215 e. The maximum Gasteiger partial charge on any atom is 0.215 e. The van der Waals surface area contributed by atoms with Gasteiger partial charge in [0.2, 0.25) is 5.89 Å². The first-order valence-corrected chi connectivity index (χ1v) is 5.37. The fraction of sp³-hybridized carbons (Fsp3) is 0.364. The monoisotopic (exact) mass is 242 g/mol. The molecule has 0 radical (unpaired) electrons. The third-order valence-electron chi connectivity index (χ3n) is 2.65. The predicted octanol–water partition coefficient (Wildman–Crippen LogP) is 3.20. The Labute approximate surface area is 97.4 Å². The van der Waals surface area contributed by atoms with Crippen molar-refractivity contribution in [2.45, 2.75) is 25.8 Å². The summed E-state index contributed by atoms with van der Waals surface area (Å²) < 4.78 is 18.6. The van der Waals surface area contributed by atoms with Crippen LogP contribution in [0.5, 0.6) is 0 Å². The quantitative estimate of drug-likeness (QED) is 0.880. The van der Waals surface area contributed by atoms with Crippen LogP contribution in [0, 0.1) is 5.82 Å². The number of rotatable bonds is 2. The van der Waals surface area contributed by atoms with Crippen molar-refractivity contribution in [1.29, 1.82) is 0 Å². The van der Waals surface area contributed by atoms with Crippen molar-refractivity contribution in [3.63, 3.8) is 0 Å². The third-order valence-corrected chi connectivity index (χ3v) is 2.94. The summed E-state index contributed by atoms with van der Waals surface area (Å²) in [5.41, 5.74) is 6.23. The van der Waals surface area contributed by atoms with E-state index in [0.29, 0.717) is 23.4 Å². The summed E-state index contributed by atoms with van der Waals surface area (Å²) in [6.07, 6.45) is 0.677. The van der Waals surface area contributed by atoms with Gasteiger partial charge in [0.1, 0.15) is 11.3 Å². The maximum absolute atomic E-state index is 13.2. The van der Waals surface area contributed by atoms with Crippen molar-refractivity contribution < 1.29 is 8.81 Å². The van der Waals surface area contributed by atoms with E-state index >= 15 is 0 Å². The minimum absolute atomic E-state index is 0.0302. The van der Waals surface area contributed by atoms with Crippen molar-refractivity contribution in [2.75, 3.05) is 0 Å². The highest BCUT2D eigenvalue weighted by atomic mass is 35.5. The van der Waals surface area contributed by atoms with Crippen LogP contribution in [0.4, 0.5) is 4.39 Å². The fourth-order valence-corrected chi connectivity index (χ4v) is 1.48. The van der Waals surface area contributed by atoms with E-state index in [4.69, 9.17) is 21.8 Å². The van der Waals surface area contributed by atoms with Gasteiger partial charge in [0.15, 0.2) is 5.58 Å². The van der Waals surface area contributed by atoms with Gasteiger partial charge in [-0.3, -0.25) is 0 Å². The van der Waals surface area contributed by atoms with Crippen LogP contribution in [-0.4, -0.2) is 4.98 Å². The van der Waals surface area contributed by atoms with Gasteiger partial charge >= 0.3 is 0 Å². The molecule has 1 atom stereocenters. The van der Waals surface area contributed by atoms with E-state index in [0.717, 1.165) is 0 Å². The Morgan fingerprint density at radius 3 is 2.88 bits per heavy atom. The molecule has 2 rings (SSSR count). The van der Waals surface area contributed by atoms with Crippen molar-refractivity contribution in [1.82, 2.24) is 4.98 Å². The standard InChI is InChI=1S/C11H12ClFN2O/c1-3-11(2,14)10-15-8-4-6(12)7(13)5-9(8)16-10/h4-5H,3,14H2,1-2H3. The molecular formula is C11H12ClFN2O. The van der Waals surface area contributed by atoms with E-state index < -0.39 is 11.4 Å². The topological polar surface area (TPSA) is 52.0 Å². The first-order chi connectivity index (χ1) is 7.44. The molecular weight excluding hydrogens is 231 g/mol. The number of oxazole rings is 1. The second kappa shape index (κ2) is 3.71. The van der Waals surface area contributed by atoms with Crippen molar-refractivity contribution in [3.05, 3.63) is 28.9 Å². The highest BCUT2D eigenvalue weighted by molar-refractivity contribution is 6.31. The Morgan fingerprint density at radius 1 is 1.56 bits per heavy atom. The molecule has 1 heterocycles. The van der Waals surface area contributed by atoms with Gasteiger partial charge in [0, 0.05) is 6.07 Å². The zero-order valence-corrected chi connectivity index (χ0v) is 9.81. The molecule has 0 aliphatic rings. The van der Waals surface area contributed by atoms with E-state index in [2.05, 4.69) is 4.98 Å². The van der Waals surface area contributed by atoms with E-state index in [1.165, 1.54) is 12.1 Å². The Hall–Kier alpha value is -1.13. The van der Waals surface area contributed by atoms with E-state index in [1.807, 2.05) is 13.8 Å². The van der Waals surface area contributed by atoms with Crippen LogP contribution in [0.25, 0.3) is 11.1 Å². The number of hydrogen-bond donors (Lipinski definition) is 1. The molecule has 5 heteroatoms. The zero-order valence-electron chi connectivity index (χ0n) is 9.05. The molecule has 2 aromatic rings. The van der Waals surface area contributed by atoms with Crippen molar-refractivity contribution in [2.24, 2.45) is 5.73 Å². The second-order valence-corrected chi connectivity index (χ2v) is 4.43. The lowest BCUT2D eigenvalue weighted by Gasteiger charge is -2.17. The van der Waals surface area contributed by atoms with Gasteiger partial charge in [-0.25, -0.2) is 9.37 Å². The van der Waals surface area contributed by atoms with Gasteiger partial charge in [-0.15, -0.1) is 0 Å². The fourth-order valence-electron chi connectivity index (χ4n) is 1.32. The summed E-state index contributed by atoms with van der Waals surface area (Å²) >= 11 is 5.66. The number of fused-ring (bicyclic) bond motifs is 1. The molecule has 0 fully saturated rings. The van der Waals surface area contributed by atoms with Crippen LogP contribution >= 0.6 is 11.6 Å². The lowest BCUT2D eigenvalue weighted by Crippen LogP contribution is -2.32. The molecule has 0 saturated carbocycles. The first kappa shape index (κ1) is 11.4. The molecule has 0 amide bonds. The summed E-state index contributed by atoms with van der Waals surface area (Å²) in [5.74, 6) is -0.126. The molecule has 1 aromatic carbocycles. The van der Waals surface area contributed by atoms with Crippen LogP contribution < -0.4 is 5.73 Å². The van der Waals surface area contributed by atoms with E-state index in [1.54, 1.807) is 0 Å². The summed E-state index contributed by atoms with van der Waals surface area (Å²) in [4.78, 5) is 4.21. The molecule has 0 bridgehead atoms. The lowest BCUT2D eigenvalue weighted by molar-refractivity contribution is 0.356. The van der Waals surface area contributed by atoms with Crippen LogP contribution in [0.2, 0.25) is 5.02 Å². The minimum Gasteiger partial charge on any atom is -0.439 e. The normalized spacial score (nSPS) is 15.3. The van der Waals surface area contributed by atoms with Crippen LogP contribution in [0.3, 0.4) is 0 Å². The largest absolute Gasteiger partial charge is 0.439 e. The van der Waals surface area contributed by atoms with Gasteiger partial charge in [-0.2, -0.15) is 0 Å². The molecule has 0 spiro atoms. The molecule has 0 aliphatic heterocycles. The molecule has 0 saturated heterocycles. The third kappa shape index (κ3) is 1.79. The SMILES string of the molecule is CCC(C)(N)c1nc2cc(Cl)c(F)cc2o1. The van der Waals surface area contributed by atoms with Gasteiger partial charge in [-0.05, 0) is 19.4 Å². The molecule has 86 valence electrons. The maximum atomic E-state index is 13.2. The van der Waals surface area contributed by atoms with Crippen molar-refractivity contribution >= 4 is 22.7 Å². The average Bonchev–Trinajstić information content (AvgIpc) is 2.62. The number of nitrogens with two attached hydrogens (primary N) is 1. The average molecular weight is 243 g/mol. The van der Waals surface area contributed by atoms with E-state index in [9.17, 15) is 4.39 Å². The highest BCUT2D eigenvalue weighted by Crippen LogP contribution is 2.28. The number of benzene rings is 1. The van der Waals surface area contributed by atoms with Gasteiger partial charge in [0.25, 0.3) is 0 Å². The molecule has 16 heavy (non-hydrogen) atoms. The Morgan fingerprint density at radius 2 is 2.25 bits per heavy atom. The van der Waals surface area contributed by atoms with Crippen LogP contribution in [-0.2, 0) is 5.54 Å². The van der Waals surface area contributed by atoms with Crippen LogP contribution in [0.15, 0.2) is 16.5 Å². The number of hydrogen-bond acceptors (Lipinski definition) is 3. The second-order valence-electron chi connectivity index (χ2n) is 4.02. The Balaban J connectivity index is 2.61. The molecule has 2 N–H and O–H groups in total. The van der Waals surface area contributed by atoms with Crippen LogP contribution in [0.1, 0.15) is 26.2 Å². The van der Waals surface area contributed by atoms with Gasteiger partial charge < -0.3 is 10.2 Å². The summed E-state index contributed by atoms with van der Waals surface area (Å²) in [6.45, 7) is 3.75. The number of aromatic nitrogens is 1. The first-order valence-electron chi connectivity index (χ1n) is 4.99. The van der Waals surface area contributed by atoms with E-state index in [-0.39, 0.29) is 5.02 Å². The molecule has 0 aliphatic carbocycles. The number of halogens is 2. The lowest BCUT2D eigenvalue weighted by atomic mass is 10.0. The predicted molar refractivity (Wildman–Crippen MR) is 60.8 cm³/mol. The summed E-state index contributed by atoms with van der Waals surface area (Å²) in [5, 5.41) is 0.0302. The minimum atomic E-state index is -0.651. The Kier molecular flexibility index (Phi) is 2.64. The number of nitrogens with zero attached hydrogens (tertiary/aromatic N) is 1. The van der Waals surface area contributed by atoms with Gasteiger partial charge in [0.05, 0.1) is 10.6 Å². The van der Waals surface area contributed by atoms with Crippen molar-refractivity contribution in [3.8, 4) is 0 Å².